The molecule has 0 aromatic heterocycles. The molecule has 0 fully saturated rings. The summed E-state index contributed by atoms with van der Waals surface area (Å²) in [6.07, 6.45) is 0. The predicted molar refractivity (Wildman–Crippen MR) is 84.5 cm³/mol. The summed E-state index contributed by atoms with van der Waals surface area (Å²) >= 11 is 0. The topological polar surface area (TPSA) is 0 Å². The first-order valence-corrected chi connectivity index (χ1v) is 7.72. The Morgan fingerprint density at radius 1 is 0.579 bits per heavy atom. The Hall–Kier alpha value is 0.714. The van der Waals surface area contributed by atoms with Gasteiger partial charge in [-0.25, -0.2) is 17.1 Å². The summed E-state index contributed by atoms with van der Waals surface area (Å²) in [4.78, 5) is 0. The van der Waals surface area contributed by atoms with Gasteiger partial charge in [-0.05, 0) is 0 Å². The molecule has 0 unspecified atom stereocenters. The first-order chi connectivity index (χ1) is 8.11. The Morgan fingerprint density at radius 2 is 0.895 bits per heavy atom. The van der Waals surface area contributed by atoms with Gasteiger partial charge in [0.05, 0.1) is 0 Å². The van der Waals surface area contributed by atoms with Crippen molar-refractivity contribution in [2.24, 2.45) is 29.6 Å². The largest absolute Gasteiger partial charge is 0.207 e. The van der Waals surface area contributed by atoms with E-state index >= 15 is 0 Å². The molecule has 1 heteroatoms. The van der Waals surface area contributed by atoms with E-state index in [0.717, 1.165) is 0 Å². The van der Waals surface area contributed by atoms with Gasteiger partial charge in [0.1, 0.15) is 0 Å². The van der Waals surface area contributed by atoms with Gasteiger partial charge in [-0.15, -0.1) is 0 Å². The van der Waals surface area contributed by atoms with Gasteiger partial charge < -0.3 is 0 Å². The fourth-order valence-corrected chi connectivity index (χ4v) is 3.41. The molecular formula is C18H35Y-. The molecule has 0 saturated carbocycles. The maximum absolute atomic E-state index is 2.35. The molecule has 0 spiro atoms. The summed E-state index contributed by atoms with van der Waals surface area (Å²) in [6, 6.07) is 0. The van der Waals surface area contributed by atoms with Gasteiger partial charge in [0.2, 0.25) is 0 Å². The van der Waals surface area contributed by atoms with Crippen LogP contribution in [-0.4, -0.2) is 0 Å². The van der Waals surface area contributed by atoms with Crippen LogP contribution in [0.4, 0.5) is 0 Å². The van der Waals surface area contributed by atoms with Crippen LogP contribution in [0.25, 0.3) is 0 Å². The second kappa shape index (κ2) is 9.61. The van der Waals surface area contributed by atoms with E-state index in [1.807, 2.05) is 0 Å². The van der Waals surface area contributed by atoms with Gasteiger partial charge in [0, 0.05) is 32.7 Å². The summed E-state index contributed by atoms with van der Waals surface area (Å²) < 4.78 is 0. The van der Waals surface area contributed by atoms with Gasteiger partial charge in [0.25, 0.3) is 0 Å². The first-order valence-electron chi connectivity index (χ1n) is 7.72. The Labute approximate surface area is 148 Å². The maximum atomic E-state index is 2.35. The van der Waals surface area contributed by atoms with E-state index in [2.05, 4.69) is 69.2 Å². The molecule has 0 N–H and O–H groups in total. The quantitative estimate of drug-likeness (QED) is 0.510. The van der Waals surface area contributed by atoms with Crippen molar-refractivity contribution in [3.8, 4) is 0 Å². The second-order valence-electron chi connectivity index (χ2n) is 7.10. The number of allylic oxidation sites excluding steroid dienone is 2. The van der Waals surface area contributed by atoms with Crippen LogP contribution in [0.3, 0.4) is 0 Å². The Kier molecular flexibility index (Phi) is 11.1. The van der Waals surface area contributed by atoms with Crippen molar-refractivity contribution in [1.82, 2.24) is 0 Å². The predicted octanol–water partition coefficient (Wildman–Crippen LogP) is 6.13. The first kappa shape index (κ1) is 22.0. The van der Waals surface area contributed by atoms with Gasteiger partial charge >= 0.3 is 0 Å². The van der Waals surface area contributed by atoms with E-state index in [4.69, 9.17) is 0 Å². The summed E-state index contributed by atoms with van der Waals surface area (Å²) in [7, 11) is 0. The third-order valence-electron chi connectivity index (χ3n) is 3.69. The molecule has 0 aromatic carbocycles. The van der Waals surface area contributed by atoms with E-state index in [1.165, 1.54) is 0 Å². The van der Waals surface area contributed by atoms with Crippen molar-refractivity contribution in [2.75, 3.05) is 0 Å². The molecule has 111 valence electrons. The zero-order chi connectivity index (χ0) is 14.6. The molecule has 0 atom stereocenters. The van der Waals surface area contributed by atoms with Crippen LogP contribution in [0.1, 0.15) is 69.2 Å². The van der Waals surface area contributed by atoms with Crippen LogP contribution in [-0.2, 0) is 32.7 Å². The molecule has 0 aliphatic rings. The molecule has 0 aliphatic carbocycles. The molecule has 0 bridgehead atoms. The fourth-order valence-electron chi connectivity index (χ4n) is 3.41. The molecule has 0 heterocycles. The van der Waals surface area contributed by atoms with Crippen LogP contribution >= 0.6 is 0 Å². The Morgan fingerprint density at radius 3 is 1.05 bits per heavy atom. The van der Waals surface area contributed by atoms with Crippen LogP contribution in [0.15, 0.2) is 11.1 Å². The van der Waals surface area contributed by atoms with E-state index in [0.29, 0.717) is 29.6 Å². The third-order valence-corrected chi connectivity index (χ3v) is 3.69. The summed E-state index contributed by atoms with van der Waals surface area (Å²) in [6.45, 7) is 23.4. The molecule has 1 radical (unpaired) electrons. The molecule has 0 aromatic rings. The Bertz CT molecular complexity index is 251. The van der Waals surface area contributed by atoms with Crippen LogP contribution in [0.5, 0.6) is 0 Å². The monoisotopic (exact) mass is 340 g/mol. The SMILES string of the molecule is CC(C)C(=C(C(C)C)C(C)C)[C-](C(C)C)C(C)C.[Y]. The molecule has 19 heavy (non-hydrogen) atoms. The molecule has 0 nitrogen and oxygen atoms in total. The molecule has 0 aliphatic heterocycles. The van der Waals surface area contributed by atoms with E-state index in [-0.39, 0.29) is 32.7 Å². The summed E-state index contributed by atoms with van der Waals surface area (Å²) in [5.41, 5.74) is 3.33. The normalized spacial score (nSPS) is 11.5. The van der Waals surface area contributed by atoms with E-state index in [1.54, 1.807) is 17.1 Å². The minimum atomic E-state index is 0. The minimum Gasteiger partial charge on any atom is -0.207 e. The molecular weight excluding hydrogens is 305 g/mol. The summed E-state index contributed by atoms with van der Waals surface area (Å²) in [5, 5.41) is 0. The Balaban J connectivity index is 0. The maximum Gasteiger partial charge on any atom is 0 e. The minimum absolute atomic E-state index is 0. The van der Waals surface area contributed by atoms with Crippen LogP contribution < -0.4 is 0 Å². The fraction of sp³-hybridized carbons (Fsp3) is 0.833. The van der Waals surface area contributed by atoms with Crippen molar-refractivity contribution < 1.29 is 32.7 Å². The van der Waals surface area contributed by atoms with Crippen LogP contribution in [0.2, 0.25) is 0 Å². The number of hydrogen-bond acceptors (Lipinski definition) is 0. The smallest absolute Gasteiger partial charge is 0 e. The zero-order valence-corrected chi connectivity index (χ0v) is 17.8. The van der Waals surface area contributed by atoms with E-state index in [9.17, 15) is 0 Å². The zero-order valence-electron chi connectivity index (χ0n) is 15.0. The van der Waals surface area contributed by atoms with Gasteiger partial charge in [-0.1, -0.05) is 98.8 Å². The average Bonchev–Trinajstić information content (AvgIpc) is 2.13. The van der Waals surface area contributed by atoms with Gasteiger partial charge in [-0.2, -0.15) is 0 Å². The van der Waals surface area contributed by atoms with E-state index < -0.39 is 0 Å². The summed E-state index contributed by atoms with van der Waals surface area (Å²) in [5.74, 6) is 4.89. The second-order valence-corrected chi connectivity index (χ2v) is 7.10. The van der Waals surface area contributed by atoms with Crippen molar-refractivity contribution >= 4 is 0 Å². The van der Waals surface area contributed by atoms with Gasteiger partial charge in [0.15, 0.2) is 0 Å². The van der Waals surface area contributed by atoms with Gasteiger partial charge in [-0.3, -0.25) is 0 Å². The third kappa shape index (κ3) is 6.34. The molecule has 0 rings (SSSR count). The van der Waals surface area contributed by atoms with Crippen molar-refractivity contribution in [3.05, 3.63) is 17.1 Å². The molecule has 0 saturated heterocycles. The molecule has 0 amide bonds. The van der Waals surface area contributed by atoms with Crippen molar-refractivity contribution in [3.63, 3.8) is 0 Å². The number of rotatable bonds is 6. The average molecular weight is 340 g/mol. The number of hydrogen-bond donors (Lipinski definition) is 0. The van der Waals surface area contributed by atoms with Crippen molar-refractivity contribution in [1.29, 1.82) is 0 Å². The standard InChI is InChI=1S/C18H35.Y/c1-11(2)16(12(3)4)18(15(9)10)17(13(5)6)14(7)8;/h11-15H,1-10H3;/q-1;. The van der Waals surface area contributed by atoms with Crippen molar-refractivity contribution in [2.45, 2.75) is 69.2 Å². The van der Waals surface area contributed by atoms with Crippen LogP contribution in [0, 0.1) is 35.5 Å².